The molecule has 0 fully saturated rings. The van der Waals surface area contributed by atoms with Gasteiger partial charge in [0, 0.05) is 21.8 Å². The van der Waals surface area contributed by atoms with Gasteiger partial charge in [0.05, 0.1) is 29.0 Å². The average Bonchev–Trinajstić information content (AvgIpc) is 3.57. The van der Waals surface area contributed by atoms with E-state index in [1.54, 1.807) is 24.7 Å². The lowest BCUT2D eigenvalue weighted by Gasteiger charge is -2.25. The Bertz CT molecular complexity index is 1990. The third-order valence-electron chi connectivity index (χ3n) is 6.72. The number of furan rings is 1. The standard InChI is InChI=1S/C32H24BrN3O4S/c1-19-28(30(37)35-23-11-4-3-5-12-23)29(21-9-7-13-24(17-21)39-2)36-31(38)27(41-32(36)34-19)18-25-14-15-26(40-25)20-8-6-10-22(33)16-20/h3-18,29H,1-2H3,(H,35,37)/b27-18-/t29-/m1/s1. The Labute approximate surface area is 247 Å². The zero-order valence-corrected chi connectivity index (χ0v) is 24.5. The Morgan fingerprint density at radius 3 is 2.63 bits per heavy atom. The third-order valence-corrected chi connectivity index (χ3v) is 8.19. The van der Waals surface area contributed by atoms with Crippen molar-refractivity contribution in [3.8, 4) is 17.1 Å². The molecule has 3 aromatic carbocycles. The molecule has 0 radical (unpaired) electrons. The summed E-state index contributed by atoms with van der Waals surface area (Å²) >= 11 is 4.75. The minimum atomic E-state index is -0.707. The van der Waals surface area contributed by atoms with Crippen LogP contribution in [-0.2, 0) is 4.79 Å². The van der Waals surface area contributed by atoms with E-state index in [-0.39, 0.29) is 11.5 Å². The molecule has 6 rings (SSSR count). The van der Waals surface area contributed by atoms with Crippen molar-refractivity contribution >= 4 is 44.9 Å². The van der Waals surface area contributed by atoms with E-state index >= 15 is 0 Å². The normalized spacial score (nSPS) is 14.9. The van der Waals surface area contributed by atoms with Gasteiger partial charge < -0.3 is 14.5 Å². The smallest absolute Gasteiger partial charge is 0.271 e. The molecule has 0 bridgehead atoms. The highest BCUT2D eigenvalue weighted by atomic mass is 79.9. The number of benzene rings is 3. The summed E-state index contributed by atoms with van der Waals surface area (Å²) in [6, 6.07) is 27.4. The first-order valence-corrected chi connectivity index (χ1v) is 14.4. The molecule has 2 aromatic heterocycles. The number of carbonyl (C=O) groups is 1. The molecule has 41 heavy (non-hydrogen) atoms. The predicted molar refractivity (Wildman–Crippen MR) is 164 cm³/mol. The molecule has 1 atom stereocenters. The lowest BCUT2D eigenvalue weighted by molar-refractivity contribution is -0.113. The molecule has 1 aliphatic rings. The molecule has 5 aromatic rings. The van der Waals surface area contributed by atoms with Crippen molar-refractivity contribution in [3.05, 3.63) is 138 Å². The van der Waals surface area contributed by atoms with E-state index in [1.165, 1.54) is 11.3 Å². The molecule has 0 saturated carbocycles. The van der Waals surface area contributed by atoms with Gasteiger partial charge in [0.25, 0.3) is 11.5 Å². The maximum absolute atomic E-state index is 14.0. The predicted octanol–water partition coefficient (Wildman–Crippen LogP) is 5.91. The quantitative estimate of drug-likeness (QED) is 0.254. The summed E-state index contributed by atoms with van der Waals surface area (Å²) in [6.45, 7) is 1.79. The fraction of sp³-hybridized carbons (Fsp3) is 0.0938. The molecule has 0 aliphatic carbocycles. The van der Waals surface area contributed by atoms with Crippen LogP contribution in [0.3, 0.4) is 0 Å². The number of hydrogen-bond donors (Lipinski definition) is 1. The Morgan fingerprint density at radius 1 is 1.05 bits per heavy atom. The van der Waals surface area contributed by atoms with Crippen molar-refractivity contribution in [2.75, 3.05) is 12.4 Å². The van der Waals surface area contributed by atoms with Crippen molar-refractivity contribution in [2.45, 2.75) is 13.0 Å². The molecule has 7 nitrogen and oxygen atoms in total. The summed E-state index contributed by atoms with van der Waals surface area (Å²) < 4.78 is 14.5. The largest absolute Gasteiger partial charge is 0.497 e. The van der Waals surface area contributed by atoms with Gasteiger partial charge in [-0.3, -0.25) is 14.2 Å². The van der Waals surface area contributed by atoms with Gasteiger partial charge in [-0.2, -0.15) is 0 Å². The van der Waals surface area contributed by atoms with Crippen LogP contribution < -0.4 is 24.9 Å². The number of carbonyl (C=O) groups excluding carboxylic acids is 1. The number of allylic oxidation sites excluding steroid dienone is 1. The minimum Gasteiger partial charge on any atom is -0.497 e. The number of thiazole rings is 1. The van der Waals surface area contributed by atoms with Crippen molar-refractivity contribution in [3.63, 3.8) is 0 Å². The second kappa shape index (κ2) is 11.2. The van der Waals surface area contributed by atoms with Gasteiger partial charge in [0.15, 0.2) is 4.80 Å². The SMILES string of the molecule is COc1cccc([C@@H]2C(C(=O)Nc3ccccc3)=C(C)N=c3s/c(=C\c4ccc(-c5cccc(Br)c5)o4)c(=O)n32)c1. The number of nitrogens with zero attached hydrogens (tertiary/aromatic N) is 2. The monoisotopic (exact) mass is 625 g/mol. The highest BCUT2D eigenvalue weighted by Gasteiger charge is 2.32. The topological polar surface area (TPSA) is 85.8 Å². The first-order valence-electron chi connectivity index (χ1n) is 12.8. The van der Waals surface area contributed by atoms with E-state index in [4.69, 9.17) is 14.1 Å². The van der Waals surface area contributed by atoms with Crippen molar-refractivity contribution in [2.24, 2.45) is 4.99 Å². The molecule has 9 heteroatoms. The van der Waals surface area contributed by atoms with Crippen molar-refractivity contribution < 1.29 is 13.9 Å². The van der Waals surface area contributed by atoms with Crippen LogP contribution in [0.1, 0.15) is 24.3 Å². The number of nitrogens with one attached hydrogen (secondary N) is 1. The van der Waals surface area contributed by atoms with Gasteiger partial charge in [0.2, 0.25) is 0 Å². The minimum absolute atomic E-state index is 0.264. The second-order valence-electron chi connectivity index (χ2n) is 9.39. The van der Waals surface area contributed by atoms with E-state index in [0.29, 0.717) is 43.6 Å². The molecule has 0 unspecified atom stereocenters. The highest BCUT2D eigenvalue weighted by molar-refractivity contribution is 9.10. The first-order chi connectivity index (χ1) is 19.9. The van der Waals surface area contributed by atoms with E-state index in [1.807, 2.05) is 91.0 Å². The van der Waals surface area contributed by atoms with Crippen LogP contribution in [0.25, 0.3) is 17.4 Å². The first kappa shape index (κ1) is 26.7. The summed E-state index contributed by atoms with van der Waals surface area (Å²) in [7, 11) is 1.58. The number of rotatable bonds is 6. The maximum Gasteiger partial charge on any atom is 0.271 e. The second-order valence-corrected chi connectivity index (χ2v) is 11.3. The van der Waals surface area contributed by atoms with Gasteiger partial charge in [-0.1, -0.05) is 69.7 Å². The molecule has 1 amide bonds. The van der Waals surface area contributed by atoms with E-state index in [0.717, 1.165) is 15.6 Å². The number of fused-ring (bicyclic) bond motifs is 1. The third kappa shape index (κ3) is 5.33. The molecule has 3 heterocycles. The van der Waals surface area contributed by atoms with Gasteiger partial charge in [-0.25, -0.2) is 4.99 Å². The zero-order valence-electron chi connectivity index (χ0n) is 22.1. The van der Waals surface area contributed by atoms with Crippen LogP contribution in [0.15, 0.2) is 121 Å². The van der Waals surface area contributed by atoms with Gasteiger partial charge in [0.1, 0.15) is 17.3 Å². The van der Waals surface area contributed by atoms with Crippen LogP contribution in [-0.4, -0.2) is 17.6 Å². The van der Waals surface area contributed by atoms with Crippen LogP contribution in [0.5, 0.6) is 5.75 Å². The Kier molecular flexibility index (Phi) is 7.30. The van der Waals surface area contributed by atoms with E-state index in [2.05, 4.69) is 21.2 Å². The summed E-state index contributed by atoms with van der Waals surface area (Å²) in [5, 5.41) is 2.96. The molecule has 1 aliphatic heterocycles. The molecule has 204 valence electrons. The number of aromatic nitrogens is 1. The summed E-state index contributed by atoms with van der Waals surface area (Å²) in [5.74, 6) is 1.53. The van der Waals surface area contributed by atoms with Crippen LogP contribution in [0.4, 0.5) is 5.69 Å². The Hall–Kier alpha value is -4.47. The van der Waals surface area contributed by atoms with Crippen molar-refractivity contribution in [1.82, 2.24) is 4.57 Å². The summed E-state index contributed by atoms with van der Waals surface area (Å²) in [4.78, 5) is 32.9. The maximum atomic E-state index is 14.0. The van der Waals surface area contributed by atoms with E-state index in [9.17, 15) is 9.59 Å². The number of para-hydroxylation sites is 1. The number of ether oxygens (including phenoxy) is 1. The Morgan fingerprint density at radius 2 is 1.85 bits per heavy atom. The number of methoxy groups -OCH3 is 1. The van der Waals surface area contributed by atoms with Crippen molar-refractivity contribution in [1.29, 1.82) is 0 Å². The van der Waals surface area contributed by atoms with Crippen LogP contribution in [0, 0.1) is 0 Å². The zero-order chi connectivity index (χ0) is 28.5. The fourth-order valence-electron chi connectivity index (χ4n) is 4.82. The molecular weight excluding hydrogens is 602 g/mol. The van der Waals surface area contributed by atoms with E-state index < -0.39 is 6.04 Å². The summed E-state index contributed by atoms with van der Waals surface area (Å²) in [6.07, 6.45) is 1.72. The Balaban J connectivity index is 1.46. The highest BCUT2D eigenvalue weighted by Crippen LogP contribution is 2.32. The van der Waals surface area contributed by atoms with Gasteiger partial charge in [-0.15, -0.1) is 0 Å². The number of hydrogen-bond acceptors (Lipinski definition) is 6. The molecular formula is C32H24BrN3O4S. The van der Waals surface area contributed by atoms with Gasteiger partial charge in [-0.05, 0) is 61.0 Å². The average molecular weight is 627 g/mol. The molecule has 1 N–H and O–H groups in total. The lowest BCUT2D eigenvalue weighted by atomic mass is 9.95. The lowest BCUT2D eigenvalue weighted by Crippen LogP contribution is -2.40. The number of halogens is 1. The van der Waals surface area contributed by atoms with Crippen LogP contribution >= 0.6 is 27.3 Å². The molecule has 0 saturated heterocycles. The molecule has 0 spiro atoms. The van der Waals surface area contributed by atoms with Gasteiger partial charge >= 0.3 is 0 Å². The number of anilines is 1. The fourth-order valence-corrected chi connectivity index (χ4v) is 6.24. The number of amides is 1. The summed E-state index contributed by atoms with van der Waals surface area (Å²) in [5.41, 5.74) is 2.96. The van der Waals surface area contributed by atoms with Crippen LogP contribution in [0.2, 0.25) is 0 Å².